The maximum Gasteiger partial charge on any atom is 0.333 e. The Kier molecular flexibility index (Phi) is 26.8. The van der Waals surface area contributed by atoms with Crippen LogP contribution in [0.5, 0.6) is 0 Å². The molecule has 0 bridgehead atoms. The molecule has 24 heteroatoms. The van der Waals surface area contributed by atoms with Crippen LogP contribution in [0.4, 0.5) is 5.69 Å². The summed E-state index contributed by atoms with van der Waals surface area (Å²) in [6, 6.07) is 12.4. The maximum absolute atomic E-state index is 12.6. The molecule has 1 saturated heterocycles. The summed E-state index contributed by atoms with van der Waals surface area (Å²) in [5, 5.41) is 1.40. The van der Waals surface area contributed by atoms with Gasteiger partial charge in [0.15, 0.2) is 13.1 Å². The number of methoxy groups -OCH3 is 2. The van der Waals surface area contributed by atoms with Gasteiger partial charge in [0, 0.05) is 68.5 Å². The van der Waals surface area contributed by atoms with E-state index >= 15 is 0 Å². The Morgan fingerprint density at radius 2 is 1.29 bits per heavy atom. The zero-order valence-electron chi connectivity index (χ0n) is 47.2. The first-order valence-electron chi connectivity index (χ1n) is 27.1. The SMILES string of the molecule is COCCOCCOCCOCC[N+](CCOCCOCCOCCOC)=c1ccc2c(C(C)(C)C)cc(/C=C/C=C3/N(CCCCCC(=O)ON4C(=O)CCC4=O)c4ccc(S(=O)(=O)O)cc4C3(C)CCCS(=O)(=O)O)oc-2c1. The third-order valence-corrected chi connectivity index (χ3v) is 15.0. The molecule has 1 aliphatic carbocycles. The third-order valence-electron chi connectivity index (χ3n) is 13.4. The van der Waals surface area contributed by atoms with Crippen molar-refractivity contribution in [2.24, 2.45) is 0 Å². The number of ether oxygens (including phenoxy) is 8. The van der Waals surface area contributed by atoms with E-state index < -0.39 is 49.2 Å². The van der Waals surface area contributed by atoms with E-state index in [0.717, 1.165) is 16.5 Å². The molecule has 3 heterocycles. The van der Waals surface area contributed by atoms with Crippen molar-refractivity contribution in [3.8, 4) is 11.3 Å². The molecular weight excluding hydrogens is 1080 g/mol. The van der Waals surface area contributed by atoms with E-state index in [0.29, 0.717) is 165 Å². The average Bonchev–Trinajstić information content (AvgIpc) is 4.10. The number of unbranched alkanes of at least 4 members (excludes halogenated alkanes) is 2. The van der Waals surface area contributed by atoms with Gasteiger partial charge in [0.05, 0.1) is 96.0 Å². The van der Waals surface area contributed by atoms with Crippen LogP contribution in [0.2, 0.25) is 0 Å². The number of carbonyl (C=O) groups is 3. The van der Waals surface area contributed by atoms with Gasteiger partial charge in [0.2, 0.25) is 5.36 Å². The molecule has 1 aromatic carbocycles. The lowest BCUT2D eigenvalue weighted by atomic mass is 9.77. The van der Waals surface area contributed by atoms with Crippen LogP contribution in [0.3, 0.4) is 0 Å². The first-order chi connectivity index (χ1) is 38.2. The van der Waals surface area contributed by atoms with Gasteiger partial charge in [-0.3, -0.25) is 18.7 Å². The highest BCUT2D eigenvalue weighted by molar-refractivity contribution is 7.86. The quantitative estimate of drug-likeness (QED) is 0.0306. The fourth-order valence-corrected chi connectivity index (χ4v) is 10.3. The molecule has 3 aliphatic heterocycles. The van der Waals surface area contributed by atoms with E-state index in [1.807, 2.05) is 42.2 Å². The van der Waals surface area contributed by atoms with Gasteiger partial charge < -0.3 is 52.0 Å². The molecule has 2 N–H and O–H groups in total. The van der Waals surface area contributed by atoms with E-state index in [-0.39, 0.29) is 42.4 Å². The van der Waals surface area contributed by atoms with E-state index in [2.05, 4.69) is 37.5 Å². The number of allylic oxidation sites excluding steroid dienone is 3. The number of amides is 2. The van der Waals surface area contributed by atoms with Crippen LogP contribution < -0.4 is 14.8 Å². The highest BCUT2D eigenvalue weighted by atomic mass is 32.2. The summed E-state index contributed by atoms with van der Waals surface area (Å²) in [4.78, 5) is 43.2. The largest absolute Gasteiger partial charge is 0.456 e. The molecule has 0 radical (unpaired) electrons. The molecule has 1 fully saturated rings. The molecule has 0 spiro atoms. The van der Waals surface area contributed by atoms with Gasteiger partial charge in [-0.1, -0.05) is 33.3 Å². The van der Waals surface area contributed by atoms with Gasteiger partial charge in [-0.25, -0.2) is 9.37 Å². The number of carbonyl (C=O) groups excluding carboxylic acids is 3. The molecule has 0 aromatic heterocycles. The number of hydrogen-bond donors (Lipinski definition) is 2. The summed E-state index contributed by atoms with van der Waals surface area (Å²) in [6.07, 6.45) is 6.98. The van der Waals surface area contributed by atoms with Crippen molar-refractivity contribution in [3.05, 3.63) is 82.6 Å². The number of imide groups is 1. The summed E-state index contributed by atoms with van der Waals surface area (Å²) in [6.45, 7) is 15.9. The lowest BCUT2D eigenvalue weighted by Crippen LogP contribution is -2.36. The van der Waals surface area contributed by atoms with E-state index in [1.54, 1.807) is 20.3 Å². The number of rotatable bonds is 38. The molecule has 446 valence electrons. The smallest absolute Gasteiger partial charge is 0.333 e. The molecule has 4 aliphatic rings. The second kappa shape index (κ2) is 32.6. The van der Waals surface area contributed by atoms with Crippen molar-refractivity contribution in [3.63, 3.8) is 0 Å². The molecular formula is C56H82N3O19S2+. The molecule has 0 saturated carbocycles. The Bertz CT molecular complexity index is 2760. The zero-order chi connectivity index (χ0) is 58.2. The van der Waals surface area contributed by atoms with E-state index in [4.69, 9.17) is 47.1 Å². The summed E-state index contributed by atoms with van der Waals surface area (Å²) in [5.41, 5.74) is 2.39. The van der Waals surface area contributed by atoms with Gasteiger partial charge in [0.25, 0.3) is 32.1 Å². The minimum atomic E-state index is -4.65. The number of anilines is 1. The first kappa shape index (κ1) is 65.8. The van der Waals surface area contributed by atoms with Gasteiger partial charge in [-0.05, 0) is 91.6 Å². The van der Waals surface area contributed by atoms with Crippen molar-refractivity contribution >= 4 is 49.8 Å². The Labute approximate surface area is 470 Å². The van der Waals surface area contributed by atoms with Crippen LogP contribution in [0, 0.1) is 0 Å². The molecule has 1 aromatic rings. The molecule has 2 amide bonds. The van der Waals surface area contributed by atoms with Gasteiger partial charge in [-0.2, -0.15) is 16.8 Å². The van der Waals surface area contributed by atoms with E-state index in [1.165, 1.54) is 12.1 Å². The lowest BCUT2D eigenvalue weighted by Gasteiger charge is -2.30. The summed E-state index contributed by atoms with van der Waals surface area (Å²) >= 11 is 0. The van der Waals surface area contributed by atoms with Crippen LogP contribution in [-0.4, -0.2) is 181 Å². The number of fused-ring (bicyclic) bond motifs is 2. The fraction of sp³-hybridized carbons (Fsp3) is 0.607. The zero-order valence-corrected chi connectivity index (χ0v) is 48.8. The van der Waals surface area contributed by atoms with Crippen LogP contribution in [-0.2, 0) is 88.2 Å². The number of nitrogens with zero attached hydrogens (tertiary/aromatic N) is 3. The summed E-state index contributed by atoms with van der Waals surface area (Å²) < 4.78 is 122. The third kappa shape index (κ3) is 21.1. The van der Waals surface area contributed by atoms with Crippen molar-refractivity contribution in [2.45, 2.75) is 94.8 Å². The van der Waals surface area contributed by atoms with Gasteiger partial charge in [0.1, 0.15) is 24.7 Å². The molecule has 22 nitrogen and oxygen atoms in total. The number of hydrogen-bond acceptors (Lipinski definition) is 18. The summed E-state index contributed by atoms with van der Waals surface area (Å²) in [5.74, 6) is -1.24. The fourth-order valence-electron chi connectivity index (χ4n) is 9.24. The second-order valence-electron chi connectivity index (χ2n) is 20.4. The van der Waals surface area contributed by atoms with Crippen molar-refractivity contribution in [1.82, 2.24) is 9.64 Å². The average molecular weight is 1170 g/mol. The minimum Gasteiger partial charge on any atom is -0.456 e. The van der Waals surface area contributed by atoms with Crippen LogP contribution >= 0.6 is 0 Å². The molecule has 1 unspecified atom stereocenters. The Balaban J connectivity index is 1.44. The second-order valence-corrected chi connectivity index (χ2v) is 23.4. The van der Waals surface area contributed by atoms with Gasteiger partial charge >= 0.3 is 5.97 Å². The van der Waals surface area contributed by atoms with E-state index in [9.17, 15) is 40.3 Å². The predicted molar refractivity (Wildman–Crippen MR) is 297 cm³/mol. The standard InChI is InChI=1S/C56H81N3O19S2/c1-55(2,3)47-41-44(77-50-40-43(15-17-46(47)50)57(23-25-71-31-33-75-37-35-73-29-27-69-5)24-26-72-32-34-76-38-36-74-30-28-70-6)12-10-13-51-56(4,21-11-39-79(63,64)65)48-42-45(80(66,67)68)16-18-49(48)58(51)22-9-7-8-14-54(62)78-59-52(60)19-20-53(59)61/h10,12-13,15-18,40-42H,7-9,11,14,19-39H2,1-6H3,(H-,63,64,65,66,67,68)/p+1. The Hall–Kier alpha value is -4.96. The normalized spacial score (nSPS) is 16.5. The van der Waals surface area contributed by atoms with Crippen LogP contribution in [0.15, 0.2) is 69.6 Å². The van der Waals surface area contributed by atoms with Crippen molar-refractivity contribution in [2.75, 3.05) is 137 Å². The van der Waals surface area contributed by atoms with Gasteiger partial charge in [-0.15, -0.1) is 5.06 Å². The molecule has 5 rings (SSSR count). The number of benzene rings is 2. The topological polar surface area (TPSA) is 266 Å². The predicted octanol–water partition coefficient (Wildman–Crippen LogP) is 5.60. The van der Waals surface area contributed by atoms with Crippen LogP contribution in [0.25, 0.3) is 17.4 Å². The van der Waals surface area contributed by atoms with Crippen molar-refractivity contribution < 1.29 is 87.5 Å². The highest BCUT2D eigenvalue weighted by Gasteiger charge is 2.44. The molecule has 1 atom stereocenters. The first-order valence-corrected chi connectivity index (χ1v) is 30.1. The highest BCUT2D eigenvalue weighted by Crippen LogP contribution is 2.51. The molecule has 80 heavy (non-hydrogen) atoms. The Morgan fingerprint density at radius 1 is 0.725 bits per heavy atom. The maximum atomic E-state index is 12.6. The van der Waals surface area contributed by atoms with Crippen LogP contribution in [0.1, 0.15) is 95.9 Å². The Morgan fingerprint density at radius 3 is 1.82 bits per heavy atom. The number of hydroxylamine groups is 2. The monoisotopic (exact) mass is 1160 g/mol. The lowest BCUT2D eigenvalue weighted by molar-refractivity contribution is -0.197. The van der Waals surface area contributed by atoms with Crippen molar-refractivity contribution in [1.29, 1.82) is 0 Å². The minimum absolute atomic E-state index is 0.0109. The summed E-state index contributed by atoms with van der Waals surface area (Å²) in [7, 11) is -5.76.